The number of oxime groups is 1. The number of benzene rings is 2. The van der Waals surface area contributed by atoms with Crippen LogP contribution in [0, 0.1) is 20.8 Å². The summed E-state index contributed by atoms with van der Waals surface area (Å²) in [7, 11) is -4.23. The third kappa shape index (κ3) is 8.00. The molecule has 5 N–H and O–H groups in total. The average Bonchev–Trinajstić information content (AvgIpc) is 3.77. The van der Waals surface area contributed by atoms with Crippen molar-refractivity contribution in [2.45, 2.75) is 62.8 Å². The number of rotatable bonds is 11. The minimum absolute atomic E-state index is 0.00438. The SMILES string of the molecule is Cc1cc(C)c(S(=O)(=O)N[C@@H](CNC(=O)C2=NOC3(C2)CC(CNC2=NCCN2)N(C(=O)OCc2ccccc2)C3)C(=O)O)c(C)c1. The Kier molecular flexibility index (Phi) is 10.0. The highest BCUT2D eigenvalue weighted by atomic mass is 32.2. The second-order valence-electron chi connectivity index (χ2n) is 12.0. The predicted molar refractivity (Wildman–Crippen MR) is 171 cm³/mol. The number of aryl methyl sites for hydroxylation is 3. The van der Waals surface area contributed by atoms with E-state index in [4.69, 9.17) is 9.57 Å². The molecule has 2 unspecified atom stereocenters. The Hall–Kier alpha value is -4.70. The molecule has 3 heterocycles. The number of hydrogen-bond acceptors (Lipinski definition) is 11. The normalized spacial score (nSPS) is 21.0. The lowest BCUT2D eigenvalue weighted by Gasteiger charge is -2.24. The number of amides is 2. The summed E-state index contributed by atoms with van der Waals surface area (Å²) in [5.74, 6) is -1.54. The highest BCUT2D eigenvalue weighted by molar-refractivity contribution is 7.89. The van der Waals surface area contributed by atoms with E-state index in [2.05, 4.69) is 30.8 Å². The number of carboxylic acid groups (broad SMARTS) is 1. The standard InChI is InChI=1S/C31H39N7O8S/c1-19-11-20(2)26(21(3)12-19)47(43,44)37-25(28(40)41)16-34-27(39)24-14-31(46-36-24)13-23(15-35-29-32-9-10-33-29)38(18-31)30(42)45-17-22-7-5-4-6-8-22/h4-8,11-12,23,25,37H,9-10,13-18H2,1-3H3,(H,34,39)(H,40,41)(H2,32,33,35)/t23?,25-,31?/m0/s1. The van der Waals surface area contributed by atoms with Crippen molar-refractivity contribution in [2.75, 3.05) is 32.7 Å². The maximum absolute atomic E-state index is 13.2. The number of aliphatic imine (C=N–C) groups is 1. The second kappa shape index (κ2) is 14.0. The number of hydrogen-bond donors (Lipinski definition) is 5. The zero-order chi connectivity index (χ0) is 33.8. The van der Waals surface area contributed by atoms with Crippen molar-refractivity contribution < 1.29 is 37.5 Å². The van der Waals surface area contributed by atoms with E-state index in [0.717, 1.165) is 11.1 Å². The third-order valence-corrected chi connectivity index (χ3v) is 9.94. The molecule has 252 valence electrons. The minimum atomic E-state index is -4.23. The Morgan fingerprint density at radius 1 is 1.17 bits per heavy atom. The molecule has 0 bridgehead atoms. The fraction of sp³-hybridized carbons (Fsp3) is 0.452. The van der Waals surface area contributed by atoms with Gasteiger partial charge in [-0.2, -0.15) is 4.72 Å². The number of likely N-dealkylation sites (tertiary alicyclic amines) is 1. The topological polar surface area (TPSA) is 200 Å². The molecule has 1 saturated heterocycles. The molecular weight excluding hydrogens is 630 g/mol. The van der Waals surface area contributed by atoms with E-state index in [1.165, 1.54) is 0 Å². The lowest BCUT2D eigenvalue weighted by Crippen LogP contribution is -2.49. The number of carbonyl (C=O) groups is 3. The van der Waals surface area contributed by atoms with E-state index in [1.807, 2.05) is 37.3 Å². The lowest BCUT2D eigenvalue weighted by molar-refractivity contribution is -0.138. The number of sulfonamides is 1. The highest BCUT2D eigenvalue weighted by Gasteiger charge is 2.53. The maximum Gasteiger partial charge on any atom is 0.410 e. The molecule has 3 aliphatic rings. The molecule has 16 heteroatoms. The third-order valence-electron chi connectivity index (χ3n) is 8.16. The van der Waals surface area contributed by atoms with Gasteiger partial charge in [-0.3, -0.25) is 19.5 Å². The van der Waals surface area contributed by atoms with Crippen LogP contribution in [0.1, 0.15) is 35.1 Å². The summed E-state index contributed by atoms with van der Waals surface area (Å²) in [5.41, 5.74) is 1.64. The molecule has 2 aromatic carbocycles. The summed E-state index contributed by atoms with van der Waals surface area (Å²) in [4.78, 5) is 50.0. The molecule has 47 heavy (non-hydrogen) atoms. The van der Waals surface area contributed by atoms with Gasteiger partial charge in [0.15, 0.2) is 11.6 Å². The molecule has 0 saturated carbocycles. The van der Waals surface area contributed by atoms with Crippen LogP contribution in [-0.2, 0) is 35.8 Å². The molecule has 0 aromatic heterocycles. The molecule has 0 aliphatic carbocycles. The quantitative estimate of drug-likeness (QED) is 0.229. The van der Waals surface area contributed by atoms with E-state index >= 15 is 0 Å². The van der Waals surface area contributed by atoms with Crippen LogP contribution in [-0.4, -0.2) is 98.5 Å². The van der Waals surface area contributed by atoms with Crippen LogP contribution in [0.5, 0.6) is 0 Å². The summed E-state index contributed by atoms with van der Waals surface area (Å²) >= 11 is 0. The van der Waals surface area contributed by atoms with Gasteiger partial charge in [0.1, 0.15) is 18.4 Å². The molecule has 5 rings (SSSR count). The van der Waals surface area contributed by atoms with Crippen molar-refractivity contribution in [1.29, 1.82) is 0 Å². The van der Waals surface area contributed by atoms with Gasteiger partial charge in [0, 0.05) is 32.5 Å². The zero-order valence-corrected chi connectivity index (χ0v) is 27.2. The van der Waals surface area contributed by atoms with Crippen LogP contribution in [0.25, 0.3) is 0 Å². The summed E-state index contributed by atoms with van der Waals surface area (Å²) in [5, 5.41) is 22.6. The van der Waals surface area contributed by atoms with Crippen molar-refractivity contribution >= 4 is 39.7 Å². The predicted octanol–water partition coefficient (Wildman–Crippen LogP) is 0.935. The van der Waals surface area contributed by atoms with Gasteiger partial charge >= 0.3 is 12.1 Å². The van der Waals surface area contributed by atoms with Crippen molar-refractivity contribution in [3.63, 3.8) is 0 Å². The first-order chi connectivity index (χ1) is 22.4. The Bertz CT molecular complexity index is 1680. The number of guanidine groups is 1. The first-order valence-corrected chi connectivity index (χ1v) is 16.7. The minimum Gasteiger partial charge on any atom is -0.480 e. The van der Waals surface area contributed by atoms with Gasteiger partial charge in [0.25, 0.3) is 5.91 Å². The van der Waals surface area contributed by atoms with E-state index < -0.39 is 46.2 Å². The van der Waals surface area contributed by atoms with Gasteiger partial charge < -0.3 is 30.6 Å². The molecule has 0 radical (unpaired) electrons. The molecule has 15 nitrogen and oxygen atoms in total. The number of nitrogens with one attached hydrogen (secondary N) is 4. The second-order valence-corrected chi connectivity index (χ2v) is 13.7. The molecule has 1 spiro atoms. The molecule has 3 aliphatic heterocycles. The molecule has 2 aromatic rings. The van der Waals surface area contributed by atoms with Crippen LogP contribution in [0.3, 0.4) is 0 Å². The first kappa shape index (κ1) is 33.7. The number of ether oxygens (including phenoxy) is 1. The lowest BCUT2D eigenvalue weighted by atomic mass is 9.94. The monoisotopic (exact) mass is 669 g/mol. The fourth-order valence-electron chi connectivity index (χ4n) is 6.12. The Morgan fingerprint density at radius 3 is 2.55 bits per heavy atom. The van der Waals surface area contributed by atoms with Crippen molar-refractivity contribution in [3.8, 4) is 0 Å². The summed E-state index contributed by atoms with van der Waals surface area (Å²) in [6.07, 6.45) is -0.167. The number of aliphatic carboxylic acids is 1. The molecular formula is C31H39N7O8S. The van der Waals surface area contributed by atoms with E-state index in [1.54, 1.807) is 30.9 Å². The summed E-state index contributed by atoms with van der Waals surface area (Å²) in [6, 6.07) is 10.6. The van der Waals surface area contributed by atoms with E-state index in [9.17, 15) is 27.9 Å². The summed E-state index contributed by atoms with van der Waals surface area (Å²) in [6.45, 7) is 6.44. The fourth-order valence-corrected chi connectivity index (χ4v) is 7.77. The van der Waals surface area contributed by atoms with E-state index in [-0.39, 0.29) is 36.2 Å². The maximum atomic E-state index is 13.2. The van der Waals surface area contributed by atoms with Gasteiger partial charge in [-0.15, -0.1) is 0 Å². The number of carbonyl (C=O) groups excluding carboxylic acids is 2. The van der Waals surface area contributed by atoms with Crippen molar-refractivity contribution in [1.82, 2.24) is 25.6 Å². The van der Waals surface area contributed by atoms with Gasteiger partial charge in [0.2, 0.25) is 10.0 Å². The number of nitrogens with zero attached hydrogens (tertiary/aromatic N) is 3. The Balaban J connectivity index is 1.21. The highest BCUT2D eigenvalue weighted by Crippen LogP contribution is 2.38. The largest absolute Gasteiger partial charge is 0.480 e. The van der Waals surface area contributed by atoms with E-state index in [0.29, 0.717) is 43.1 Å². The van der Waals surface area contributed by atoms with Crippen LogP contribution in [0.2, 0.25) is 0 Å². The summed E-state index contributed by atoms with van der Waals surface area (Å²) < 4.78 is 34.1. The molecule has 3 atom stereocenters. The van der Waals surface area contributed by atoms with Crippen LogP contribution < -0.4 is 20.7 Å². The average molecular weight is 670 g/mol. The van der Waals surface area contributed by atoms with Crippen LogP contribution in [0.15, 0.2) is 57.5 Å². The molecule has 2 amide bonds. The Morgan fingerprint density at radius 2 is 1.89 bits per heavy atom. The molecule has 1 fully saturated rings. The van der Waals surface area contributed by atoms with Crippen LogP contribution >= 0.6 is 0 Å². The van der Waals surface area contributed by atoms with Gasteiger partial charge in [0.05, 0.1) is 24.0 Å². The van der Waals surface area contributed by atoms with Gasteiger partial charge in [-0.1, -0.05) is 53.2 Å². The van der Waals surface area contributed by atoms with Crippen molar-refractivity contribution in [3.05, 3.63) is 64.7 Å². The van der Waals surface area contributed by atoms with Gasteiger partial charge in [-0.05, 0) is 37.5 Å². The zero-order valence-electron chi connectivity index (χ0n) is 26.4. The first-order valence-electron chi connectivity index (χ1n) is 15.2. The van der Waals surface area contributed by atoms with Gasteiger partial charge in [-0.25, -0.2) is 13.2 Å². The van der Waals surface area contributed by atoms with Crippen molar-refractivity contribution in [2.24, 2.45) is 10.1 Å². The van der Waals surface area contributed by atoms with Crippen LogP contribution in [0.4, 0.5) is 4.79 Å². The Labute approximate surface area is 272 Å². The number of carboxylic acids is 1. The smallest absolute Gasteiger partial charge is 0.410 e.